The molecule has 0 spiro atoms. The minimum absolute atomic E-state index is 0.176. The van der Waals surface area contributed by atoms with Gasteiger partial charge in [0.2, 0.25) is 0 Å². The molecule has 2 aromatic carbocycles. The van der Waals surface area contributed by atoms with Crippen molar-refractivity contribution in [3.63, 3.8) is 0 Å². The van der Waals surface area contributed by atoms with Gasteiger partial charge < -0.3 is 10.1 Å². The highest BCUT2D eigenvalue weighted by atomic mass is 16.4. The Hall–Kier alpha value is -2.81. The van der Waals surface area contributed by atoms with Gasteiger partial charge in [-0.15, -0.1) is 0 Å². The summed E-state index contributed by atoms with van der Waals surface area (Å²) in [5, 5.41) is 9.10. The number of aryl methyl sites for hydroxylation is 1. The van der Waals surface area contributed by atoms with Crippen molar-refractivity contribution in [3.8, 4) is 22.5 Å². The lowest BCUT2D eigenvalue weighted by Gasteiger charge is -2.42. The van der Waals surface area contributed by atoms with Crippen LogP contribution < -0.4 is 0 Å². The summed E-state index contributed by atoms with van der Waals surface area (Å²) in [6.07, 6.45) is 2.41. The number of aromatic carboxylic acids is 1. The predicted molar refractivity (Wildman–Crippen MR) is 119 cm³/mol. The second-order valence-corrected chi connectivity index (χ2v) is 9.65. The third-order valence-corrected chi connectivity index (χ3v) is 6.62. The monoisotopic (exact) mass is 387 g/mol. The first-order chi connectivity index (χ1) is 13.6. The Bertz CT molecular complexity index is 1080. The number of carbonyl (C=O) groups is 1. The minimum atomic E-state index is -0.904. The number of hydrogen-bond donors (Lipinski definition) is 2. The first kappa shape index (κ1) is 19.5. The van der Waals surface area contributed by atoms with Crippen molar-refractivity contribution in [3.05, 3.63) is 70.8 Å². The van der Waals surface area contributed by atoms with E-state index in [2.05, 4.69) is 63.9 Å². The molecular formula is C26H29NO2. The zero-order chi connectivity index (χ0) is 21.0. The van der Waals surface area contributed by atoms with Crippen molar-refractivity contribution in [2.75, 3.05) is 0 Å². The number of benzene rings is 2. The Morgan fingerprint density at radius 2 is 1.41 bits per heavy atom. The summed E-state index contributed by atoms with van der Waals surface area (Å²) < 4.78 is 0. The maximum atomic E-state index is 11.1. The molecule has 29 heavy (non-hydrogen) atoms. The van der Waals surface area contributed by atoms with E-state index in [1.807, 2.05) is 12.1 Å². The van der Waals surface area contributed by atoms with Crippen molar-refractivity contribution in [2.45, 2.75) is 58.3 Å². The van der Waals surface area contributed by atoms with Crippen LogP contribution in [0, 0.1) is 6.92 Å². The zero-order valence-electron chi connectivity index (χ0n) is 17.9. The molecule has 0 bridgehead atoms. The molecule has 0 unspecified atom stereocenters. The average Bonchev–Trinajstić information content (AvgIpc) is 3.15. The van der Waals surface area contributed by atoms with Gasteiger partial charge in [0.25, 0.3) is 0 Å². The highest BCUT2D eigenvalue weighted by molar-refractivity contribution is 5.88. The van der Waals surface area contributed by atoms with Crippen LogP contribution in [0.2, 0.25) is 0 Å². The molecule has 0 amide bonds. The van der Waals surface area contributed by atoms with Crippen LogP contribution in [0.4, 0.5) is 0 Å². The molecule has 1 aliphatic carbocycles. The van der Waals surface area contributed by atoms with E-state index in [0.29, 0.717) is 5.56 Å². The summed E-state index contributed by atoms with van der Waals surface area (Å²) in [7, 11) is 0. The number of carboxylic acid groups (broad SMARTS) is 1. The molecule has 0 radical (unpaired) electrons. The predicted octanol–water partition coefficient (Wildman–Crippen LogP) is 6.70. The number of hydrogen-bond acceptors (Lipinski definition) is 1. The van der Waals surface area contributed by atoms with E-state index in [9.17, 15) is 4.79 Å². The summed E-state index contributed by atoms with van der Waals surface area (Å²) in [6, 6.07) is 16.0. The van der Waals surface area contributed by atoms with Crippen LogP contribution in [0.15, 0.2) is 48.5 Å². The van der Waals surface area contributed by atoms with Crippen LogP contribution in [0.3, 0.4) is 0 Å². The van der Waals surface area contributed by atoms with Gasteiger partial charge in [-0.25, -0.2) is 4.79 Å². The van der Waals surface area contributed by atoms with E-state index in [0.717, 1.165) is 17.0 Å². The van der Waals surface area contributed by atoms with Crippen molar-refractivity contribution in [1.82, 2.24) is 4.98 Å². The zero-order valence-corrected chi connectivity index (χ0v) is 17.9. The van der Waals surface area contributed by atoms with Crippen LogP contribution in [0.5, 0.6) is 0 Å². The Kier molecular flexibility index (Phi) is 4.45. The molecule has 1 aliphatic rings. The maximum Gasteiger partial charge on any atom is 0.335 e. The minimum Gasteiger partial charge on any atom is -0.478 e. The van der Waals surface area contributed by atoms with Gasteiger partial charge in [0.05, 0.1) is 5.56 Å². The fourth-order valence-electron chi connectivity index (χ4n) is 4.53. The van der Waals surface area contributed by atoms with E-state index in [1.54, 1.807) is 12.1 Å². The summed E-state index contributed by atoms with van der Waals surface area (Å²) in [5.74, 6) is -0.904. The second kappa shape index (κ2) is 6.62. The van der Waals surface area contributed by atoms with Crippen molar-refractivity contribution in [2.24, 2.45) is 0 Å². The van der Waals surface area contributed by atoms with Gasteiger partial charge in [0.15, 0.2) is 0 Å². The van der Waals surface area contributed by atoms with Crippen LogP contribution in [0.1, 0.15) is 67.6 Å². The van der Waals surface area contributed by atoms with Crippen LogP contribution >= 0.6 is 0 Å². The first-order valence-electron chi connectivity index (χ1n) is 10.3. The van der Waals surface area contributed by atoms with Gasteiger partial charge in [-0.1, -0.05) is 45.9 Å². The molecule has 0 atom stereocenters. The van der Waals surface area contributed by atoms with Crippen molar-refractivity contribution in [1.29, 1.82) is 0 Å². The van der Waals surface area contributed by atoms with Crippen LogP contribution in [-0.4, -0.2) is 16.1 Å². The SMILES string of the molecule is Cc1cc2c(cc1-c1ccc(-c3ccc(C(=O)O)cc3)[nH]1)C(C)(C)CCC2(C)C. The number of fused-ring (bicyclic) bond motifs is 1. The maximum absolute atomic E-state index is 11.1. The molecule has 1 heterocycles. The molecule has 0 aliphatic heterocycles. The molecule has 4 rings (SSSR count). The van der Waals surface area contributed by atoms with Crippen molar-refractivity contribution >= 4 is 5.97 Å². The van der Waals surface area contributed by atoms with Crippen LogP contribution in [0.25, 0.3) is 22.5 Å². The molecule has 1 aromatic heterocycles. The number of nitrogens with one attached hydrogen (secondary N) is 1. The van der Waals surface area contributed by atoms with Gasteiger partial charge in [-0.3, -0.25) is 0 Å². The third-order valence-electron chi connectivity index (χ3n) is 6.62. The standard InChI is InChI=1S/C26H29NO2/c1-16-14-20-21(26(4,5)13-12-25(20,2)3)15-19(16)23-11-10-22(27-23)17-6-8-18(9-7-17)24(28)29/h6-11,14-15,27H,12-13H2,1-5H3,(H,28,29). The van der Waals surface area contributed by atoms with E-state index in [4.69, 9.17) is 5.11 Å². The largest absolute Gasteiger partial charge is 0.478 e. The number of carboxylic acids is 1. The fourth-order valence-corrected chi connectivity index (χ4v) is 4.53. The molecule has 150 valence electrons. The molecule has 0 saturated heterocycles. The Morgan fingerprint density at radius 1 is 0.862 bits per heavy atom. The Balaban J connectivity index is 1.76. The van der Waals surface area contributed by atoms with Crippen LogP contribution in [-0.2, 0) is 10.8 Å². The quantitative estimate of drug-likeness (QED) is 0.525. The summed E-state index contributed by atoms with van der Waals surface area (Å²) in [5.41, 5.74) is 9.22. The topological polar surface area (TPSA) is 53.1 Å². The number of rotatable bonds is 3. The lowest BCUT2D eigenvalue weighted by atomic mass is 9.62. The highest BCUT2D eigenvalue weighted by Crippen LogP contribution is 2.47. The second-order valence-electron chi connectivity index (χ2n) is 9.65. The molecule has 0 fully saturated rings. The number of aromatic amines is 1. The van der Waals surface area contributed by atoms with Gasteiger partial charge in [0.1, 0.15) is 0 Å². The lowest BCUT2D eigenvalue weighted by Crippen LogP contribution is -2.34. The van der Waals surface area contributed by atoms with E-state index in [-0.39, 0.29) is 10.8 Å². The molecular weight excluding hydrogens is 358 g/mol. The summed E-state index contributed by atoms with van der Waals surface area (Å²) in [6.45, 7) is 11.6. The Labute approximate surface area is 172 Å². The van der Waals surface area contributed by atoms with E-state index < -0.39 is 5.97 Å². The molecule has 3 heteroatoms. The summed E-state index contributed by atoms with van der Waals surface area (Å²) in [4.78, 5) is 14.6. The number of aromatic nitrogens is 1. The summed E-state index contributed by atoms with van der Waals surface area (Å²) >= 11 is 0. The van der Waals surface area contributed by atoms with Crippen molar-refractivity contribution < 1.29 is 9.90 Å². The third kappa shape index (κ3) is 3.39. The average molecular weight is 388 g/mol. The van der Waals surface area contributed by atoms with Gasteiger partial charge in [0, 0.05) is 17.0 Å². The van der Waals surface area contributed by atoms with E-state index in [1.165, 1.54) is 35.1 Å². The molecule has 2 N–H and O–H groups in total. The normalized spacial score (nSPS) is 17.0. The molecule has 3 nitrogen and oxygen atoms in total. The highest BCUT2D eigenvalue weighted by Gasteiger charge is 2.37. The smallest absolute Gasteiger partial charge is 0.335 e. The van der Waals surface area contributed by atoms with Gasteiger partial charge in [-0.05, 0) is 83.2 Å². The Morgan fingerprint density at radius 3 is 2.00 bits per heavy atom. The van der Waals surface area contributed by atoms with Gasteiger partial charge >= 0.3 is 5.97 Å². The fraction of sp³-hybridized carbons (Fsp3) is 0.346. The molecule has 3 aromatic rings. The molecule has 0 saturated carbocycles. The first-order valence-corrected chi connectivity index (χ1v) is 10.3. The lowest BCUT2D eigenvalue weighted by molar-refractivity contribution is 0.0697. The van der Waals surface area contributed by atoms with Gasteiger partial charge in [-0.2, -0.15) is 0 Å². The van der Waals surface area contributed by atoms with E-state index >= 15 is 0 Å². The number of H-pyrrole nitrogens is 1.